The van der Waals surface area contributed by atoms with E-state index in [4.69, 9.17) is 5.41 Å². The Kier molecular flexibility index (Phi) is 9.15. The van der Waals surface area contributed by atoms with Crippen LogP contribution in [-0.2, 0) is 0 Å². The van der Waals surface area contributed by atoms with E-state index >= 15 is 0 Å². The van der Waals surface area contributed by atoms with Crippen LogP contribution in [0.1, 0.15) is 65.7 Å². The van der Waals surface area contributed by atoms with Crippen molar-refractivity contribution >= 4 is 5.71 Å². The Hall–Kier alpha value is -0.940. The first-order chi connectivity index (χ1) is 13.7. The molecule has 1 saturated carbocycles. The summed E-state index contributed by atoms with van der Waals surface area (Å²) >= 11 is 0. The molecule has 0 spiro atoms. The van der Waals surface area contributed by atoms with Crippen LogP contribution in [-0.4, -0.2) is 36.6 Å². The Balaban J connectivity index is 1.96. The van der Waals surface area contributed by atoms with Crippen molar-refractivity contribution < 1.29 is 22.0 Å². The standard InChI is InChI=1S/C23H36F5N/c1-4-6-7-14(5-2)16-10-8-15(9-11-16)13(3)18(29)12-17-19(24)21(26)23(28)22(27)20(17)25/h8,10,13-17,19-23,29H,4-7,9,11-12H2,1-3H3. The van der Waals surface area contributed by atoms with Gasteiger partial charge in [-0.2, -0.15) is 0 Å². The van der Waals surface area contributed by atoms with Crippen LogP contribution in [0.4, 0.5) is 22.0 Å². The summed E-state index contributed by atoms with van der Waals surface area (Å²) in [5.74, 6) is -0.643. The number of alkyl halides is 5. The minimum absolute atomic E-state index is 0.0819. The summed E-state index contributed by atoms with van der Waals surface area (Å²) in [4.78, 5) is 0. The molecule has 0 aromatic carbocycles. The molecule has 0 aromatic heterocycles. The van der Waals surface area contributed by atoms with Crippen LogP contribution in [0, 0.1) is 35.0 Å². The third-order valence-corrected chi connectivity index (χ3v) is 7.18. The van der Waals surface area contributed by atoms with Crippen LogP contribution < -0.4 is 0 Å². The number of unbranched alkanes of at least 4 members (excludes halogenated alkanes) is 1. The highest BCUT2D eigenvalue weighted by Crippen LogP contribution is 2.40. The van der Waals surface area contributed by atoms with E-state index in [9.17, 15) is 22.0 Å². The highest BCUT2D eigenvalue weighted by atomic mass is 19.2. The third kappa shape index (κ3) is 5.61. The van der Waals surface area contributed by atoms with E-state index in [-0.39, 0.29) is 24.0 Å². The molecule has 0 aliphatic heterocycles. The molecule has 2 aliphatic rings. The first kappa shape index (κ1) is 24.3. The molecule has 0 heterocycles. The van der Waals surface area contributed by atoms with Gasteiger partial charge in [0, 0.05) is 17.5 Å². The van der Waals surface area contributed by atoms with Gasteiger partial charge < -0.3 is 5.41 Å². The molecule has 168 valence electrons. The third-order valence-electron chi connectivity index (χ3n) is 7.18. The zero-order valence-electron chi connectivity index (χ0n) is 17.8. The van der Waals surface area contributed by atoms with E-state index in [1.165, 1.54) is 19.3 Å². The van der Waals surface area contributed by atoms with Gasteiger partial charge >= 0.3 is 0 Å². The second-order valence-corrected chi connectivity index (χ2v) is 9.00. The van der Waals surface area contributed by atoms with Gasteiger partial charge in [-0.3, -0.25) is 0 Å². The fourth-order valence-electron chi connectivity index (χ4n) is 4.96. The Morgan fingerprint density at radius 1 is 0.897 bits per heavy atom. The number of rotatable bonds is 9. The van der Waals surface area contributed by atoms with Crippen molar-refractivity contribution in [1.29, 1.82) is 5.41 Å². The van der Waals surface area contributed by atoms with Crippen molar-refractivity contribution in [3.8, 4) is 0 Å². The fourth-order valence-corrected chi connectivity index (χ4v) is 4.96. The number of allylic oxidation sites excluding steroid dienone is 2. The molecular formula is C23H36F5N. The van der Waals surface area contributed by atoms with Gasteiger partial charge in [0.25, 0.3) is 0 Å². The van der Waals surface area contributed by atoms with Gasteiger partial charge in [0.2, 0.25) is 0 Å². The summed E-state index contributed by atoms with van der Waals surface area (Å²) in [5, 5.41) is 8.29. The van der Waals surface area contributed by atoms with Crippen LogP contribution in [0.25, 0.3) is 0 Å². The molecule has 8 atom stereocenters. The Labute approximate surface area is 172 Å². The smallest absolute Gasteiger partial charge is 0.168 e. The van der Waals surface area contributed by atoms with Crippen molar-refractivity contribution in [2.75, 3.05) is 0 Å². The largest absolute Gasteiger partial charge is 0.309 e. The zero-order valence-corrected chi connectivity index (χ0v) is 17.8. The lowest BCUT2D eigenvalue weighted by Crippen LogP contribution is -2.54. The lowest BCUT2D eigenvalue weighted by molar-refractivity contribution is -0.0864. The maximum Gasteiger partial charge on any atom is 0.168 e. The molecule has 0 amide bonds. The quantitative estimate of drug-likeness (QED) is 0.232. The van der Waals surface area contributed by atoms with Crippen molar-refractivity contribution in [3.05, 3.63) is 12.2 Å². The number of halogens is 5. The minimum Gasteiger partial charge on any atom is -0.309 e. The van der Waals surface area contributed by atoms with Crippen LogP contribution in [0.3, 0.4) is 0 Å². The predicted molar refractivity (Wildman–Crippen MR) is 108 cm³/mol. The summed E-state index contributed by atoms with van der Waals surface area (Å²) in [5.41, 5.74) is 0.0862. The molecule has 29 heavy (non-hydrogen) atoms. The molecule has 0 radical (unpaired) electrons. The lowest BCUT2D eigenvalue weighted by Gasteiger charge is -2.37. The molecule has 0 saturated heterocycles. The monoisotopic (exact) mass is 421 g/mol. The average molecular weight is 422 g/mol. The molecule has 8 unspecified atom stereocenters. The topological polar surface area (TPSA) is 23.9 Å². The summed E-state index contributed by atoms with van der Waals surface area (Å²) in [6, 6.07) is 0. The van der Waals surface area contributed by atoms with Crippen molar-refractivity contribution in [2.45, 2.75) is 96.6 Å². The van der Waals surface area contributed by atoms with Crippen molar-refractivity contribution in [1.82, 2.24) is 0 Å². The predicted octanol–water partition coefficient (Wildman–Crippen LogP) is 7.15. The Morgan fingerprint density at radius 3 is 1.90 bits per heavy atom. The van der Waals surface area contributed by atoms with Crippen LogP contribution in [0.2, 0.25) is 0 Å². The van der Waals surface area contributed by atoms with Crippen molar-refractivity contribution in [3.63, 3.8) is 0 Å². The second-order valence-electron chi connectivity index (χ2n) is 9.00. The maximum atomic E-state index is 14.1. The van der Waals surface area contributed by atoms with Gasteiger partial charge in [0.1, 0.15) is 12.3 Å². The lowest BCUT2D eigenvalue weighted by atomic mass is 9.72. The Morgan fingerprint density at radius 2 is 1.41 bits per heavy atom. The summed E-state index contributed by atoms with van der Waals surface area (Å²) < 4.78 is 68.9. The van der Waals surface area contributed by atoms with Gasteiger partial charge in [-0.15, -0.1) is 0 Å². The molecule has 1 N–H and O–H groups in total. The first-order valence-corrected chi connectivity index (χ1v) is 11.2. The van der Waals surface area contributed by atoms with Crippen molar-refractivity contribution in [2.24, 2.45) is 29.6 Å². The highest BCUT2D eigenvalue weighted by Gasteiger charge is 2.53. The Bertz CT molecular complexity index is 537. The van der Waals surface area contributed by atoms with E-state index in [2.05, 4.69) is 26.0 Å². The fraction of sp³-hybridized carbons (Fsp3) is 0.870. The summed E-state index contributed by atoms with van der Waals surface area (Å²) in [6.07, 6.45) is -2.37. The number of nitrogens with one attached hydrogen (secondary N) is 1. The van der Waals surface area contributed by atoms with E-state index < -0.39 is 36.8 Å². The molecule has 0 bridgehead atoms. The zero-order chi connectivity index (χ0) is 21.7. The van der Waals surface area contributed by atoms with Crippen LogP contribution in [0.15, 0.2) is 12.2 Å². The van der Waals surface area contributed by atoms with Gasteiger partial charge in [0.05, 0.1) is 0 Å². The SMILES string of the molecule is CCCCC(CC)C1C=CC(C(C)C(=N)CC2C(F)C(F)C(F)C(F)C2F)CC1. The van der Waals surface area contributed by atoms with Gasteiger partial charge in [0.15, 0.2) is 18.5 Å². The minimum atomic E-state index is -2.78. The molecule has 1 fully saturated rings. The molecular weight excluding hydrogens is 385 g/mol. The molecule has 2 rings (SSSR count). The average Bonchev–Trinajstić information content (AvgIpc) is 2.74. The molecule has 1 nitrogen and oxygen atoms in total. The van der Waals surface area contributed by atoms with E-state index in [1.807, 2.05) is 6.92 Å². The highest BCUT2D eigenvalue weighted by molar-refractivity contribution is 5.84. The first-order valence-electron chi connectivity index (χ1n) is 11.2. The summed E-state index contributed by atoms with van der Waals surface area (Å²) in [6.45, 7) is 6.22. The maximum absolute atomic E-state index is 14.1. The molecule has 6 heteroatoms. The van der Waals surface area contributed by atoms with Crippen LogP contribution >= 0.6 is 0 Å². The second kappa shape index (κ2) is 10.9. The van der Waals surface area contributed by atoms with Gasteiger partial charge in [-0.05, 0) is 43.4 Å². The number of hydrogen-bond donors (Lipinski definition) is 1. The van der Waals surface area contributed by atoms with E-state index in [0.29, 0.717) is 11.8 Å². The van der Waals surface area contributed by atoms with E-state index in [0.717, 1.165) is 19.3 Å². The van der Waals surface area contributed by atoms with Gasteiger partial charge in [-0.1, -0.05) is 52.2 Å². The normalized spacial score (nSPS) is 39.9. The number of hydrogen-bond acceptors (Lipinski definition) is 1. The molecule has 2 aliphatic carbocycles. The summed E-state index contributed by atoms with van der Waals surface area (Å²) in [7, 11) is 0. The van der Waals surface area contributed by atoms with E-state index in [1.54, 1.807) is 0 Å². The molecule has 0 aromatic rings. The van der Waals surface area contributed by atoms with Crippen LogP contribution in [0.5, 0.6) is 0 Å². The van der Waals surface area contributed by atoms with Gasteiger partial charge in [-0.25, -0.2) is 22.0 Å².